The van der Waals surface area contributed by atoms with Crippen LogP contribution in [0.4, 0.5) is 0 Å². The number of piperidine rings is 2. The van der Waals surface area contributed by atoms with Gasteiger partial charge in [-0.25, -0.2) is 0 Å². The van der Waals surface area contributed by atoms with Gasteiger partial charge in [0.2, 0.25) is 5.91 Å². The van der Waals surface area contributed by atoms with Gasteiger partial charge in [0.1, 0.15) is 0 Å². The maximum Gasteiger partial charge on any atom is 0.222 e. The van der Waals surface area contributed by atoms with Crippen molar-refractivity contribution in [2.45, 2.75) is 39.0 Å². The molecule has 0 aliphatic carbocycles. The van der Waals surface area contributed by atoms with Crippen molar-refractivity contribution in [2.75, 3.05) is 45.9 Å². The topological polar surface area (TPSA) is 32.8 Å². The second-order valence-electron chi connectivity index (χ2n) is 7.63. The zero-order valence-corrected chi connectivity index (χ0v) is 15.6. The number of ether oxygens (including phenoxy) is 1. The molecule has 138 valence electrons. The van der Waals surface area contributed by atoms with Gasteiger partial charge < -0.3 is 14.5 Å². The number of nitrogens with zero attached hydrogens (tertiary/aromatic N) is 2. The van der Waals surface area contributed by atoms with E-state index in [0.717, 1.165) is 52.2 Å². The second kappa shape index (κ2) is 8.81. The Morgan fingerprint density at radius 2 is 1.96 bits per heavy atom. The third-order valence-electron chi connectivity index (χ3n) is 5.76. The lowest BCUT2D eigenvalue weighted by Crippen LogP contribution is -2.54. The van der Waals surface area contributed by atoms with Crippen LogP contribution in [0.3, 0.4) is 0 Å². The van der Waals surface area contributed by atoms with Crippen molar-refractivity contribution in [2.24, 2.45) is 5.41 Å². The van der Waals surface area contributed by atoms with Crippen molar-refractivity contribution in [3.05, 3.63) is 35.9 Å². The van der Waals surface area contributed by atoms with Crippen LogP contribution in [0.15, 0.2) is 30.3 Å². The zero-order chi connectivity index (χ0) is 17.5. The van der Waals surface area contributed by atoms with E-state index in [0.29, 0.717) is 17.7 Å². The molecule has 0 aromatic heterocycles. The first kappa shape index (κ1) is 18.4. The van der Waals surface area contributed by atoms with E-state index in [4.69, 9.17) is 4.74 Å². The molecule has 1 amide bonds. The van der Waals surface area contributed by atoms with E-state index in [1.807, 2.05) is 6.07 Å². The van der Waals surface area contributed by atoms with Crippen LogP contribution < -0.4 is 0 Å². The Morgan fingerprint density at radius 3 is 2.76 bits per heavy atom. The Bertz CT molecular complexity index is 548. The summed E-state index contributed by atoms with van der Waals surface area (Å²) < 4.78 is 5.53. The maximum atomic E-state index is 12.4. The third kappa shape index (κ3) is 5.05. The van der Waals surface area contributed by atoms with E-state index in [2.05, 4.69) is 41.0 Å². The largest absolute Gasteiger partial charge is 0.380 e. The molecule has 1 aromatic carbocycles. The van der Waals surface area contributed by atoms with Crippen molar-refractivity contribution in [1.29, 1.82) is 0 Å². The lowest BCUT2D eigenvalue weighted by Gasteiger charge is -2.48. The molecule has 25 heavy (non-hydrogen) atoms. The van der Waals surface area contributed by atoms with Crippen molar-refractivity contribution in [3.63, 3.8) is 0 Å². The fourth-order valence-electron chi connectivity index (χ4n) is 4.39. The molecule has 0 radical (unpaired) electrons. The summed E-state index contributed by atoms with van der Waals surface area (Å²) in [5, 5.41) is 0. The molecule has 0 saturated carbocycles. The summed E-state index contributed by atoms with van der Waals surface area (Å²) in [6.45, 7) is 8.77. The molecule has 2 fully saturated rings. The molecule has 4 heteroatoms. The average Bonchev–Trinajstić information content (AvgIpc) is 2.64. The van der Waals surface area contributed by atoms with Gasteiger partial charge in [0.25, 0.3) is 0 Å². The summed E-state index contributed by atoms with van der Waals surface area (Å²) in [4.78, 5) is 17.1. The van der Waals surface area contributed by atoms with Gasteiger partial charge in [-0.1, -0.05) is 30.3 Å². The molecular formula is C21H32N2O2. The molecule has 0 unspecified atom stereocenters. The molecule has 2 heterocycles. The molecule has 0 bridgehead atoms. The number of rotatable bonds is 7. The average molecular weight is 344 g/mol. The number of hydrogen-bond acceptors (Lipinski definition) is 3. The molecule has 3 rings (SSSR count). The number of amides is 1. The van der Waals surface area contributed by atoms with Crippen molar-refractivity contribution in [1.82, 2.24) is 9.80 Å². The molecule has 1 spiro atoms. The number of carbonyl (C=O) groups excluding carboxylic acids is 1. The summed E-state index contributed by atoms with van der Waals surface area (Å²) >= 11 is 0. The van der Waals surface area contributed by atoms with E-state index in [1.165, 1.54) is 24.9 Å². The van der Waals surface area contributed by atoms with Gasteiger partial charge >= 0.3 is 0 Å². The fraction of sp³-hybridized carbons (Fsp3) is 0.667. The molecule has 1 aromatic rings. The number of hydrogen-bond donors (Lipinski definition) is 0. The lowest BCUT2D eigenvalue weighted by atomic mass is 9.73. The number of benzene rings is 1. The van der Waals surface area contributed by atoms with Crippen LogP contribution >= 0.6 is 0 Å². The summed E-state index contributed by atoms with van der Waals surface area (Å²) in [5.74, 6) is 0.341. The first-order valence-electron chi connectivity index (χ1n) is 9.83. The van der Waals surface area contributed by atoms with Crippen LogP contribution in [0.25, 0.3) is 0 Å². The fourth-order valence-corrected chi connectivity index (χ4v) is 4.39. The van der Waals surface area contributed by atoms with E-state index >= 15 is 0 Å². The van der Waals surface area contributed by atoms with Gasteiger partial charge in [0.05, 0.1) is 6.61 Å². The first-order valence-corrected chi connectivity index (χ1v) is 9.83. The Morgan fingerprint density at radius 1 is 1.12 bits per heavy atom. The monoisotopic (exact) mass is 344 g/mol. The van der Waals surface area contributed by atoms with Crippen molar-refractivity contribution in [3.8, 4) is 0 Å². The smallest absolute Gasteiger partial charge is 0.222 e. The van der Waals surface area contributed by atoms with Crippen LogP contribution in [-0.4, -0.2) is 61.6 Å². The quantitative estimate of drug-likeness (QED) is 0.713. The molecule has 4 nitrogen and oxygen atoms in total. The van der Waals surface area contributed by atoms with E-state index in [-0.39, 0.29) is 0 Å². The highest BCUT2D eigenvalue weighted by molar-refractivity contribution is 5.77. The Hall–Kier alpha value is -1.39. The van der Waals surface area contributed by atoms with E-state index in [9.17, 15) is 4.79 Å². The molecular weight excluding hydrogens is 312 g/mol. The molecule has 2 saturated heterocycles. The summed E-state index contributed by atoms with van der Waals surface area (Å²) in [7, 11) is 0. The van der Waals surface area contributed by atoms with E-state index in [1.54, 1.807) is 0 Å². The number of carbonyl (C=O) groups is 1. The first-order chi connectivity index (χ1) is 12.2. The minimum absolute atomic E-state index is 0.301. The van der Waals surface area contributed by atoms with Gasteiger partial charge in [-0.2, -0.15) is 0 Å². The van der Waals surface area contributed by atoms with Gasteiger partial charge in [-0.05, 0) is 44.7 Å². The third-order valence-corrected chi connectivity index (χ3v) is 5.76. The second-order valence-corrected chi connectivity index (χ2v) is 7.63. The van der Waals surface area contributed by atoms with Crippen LogP contribution in [0.5, 0.6) is 0 Å². The van der Waals surface area contributed by atoms with E-state index < -0.39 is 0 Å². The molecule has 0 N–H and O–H groups in total. The Labute approximate surface area is 152 Å². The highest BCUT2D eigenvalue weighted by Gasteiger charge is 2.41. The summed E-state index contributed by atoms with van der Waals surface area (Å²) in [6.07, 6.45) is 5.23. The zero-order valence-electron chi connectivity index (χ0n) is 15.6. The summed E-state index contributed by atoms with van der Waals surface area (Å²) in [6, 6.07) is 10.5. The Balaban J connectivity index is 1.56. The standard InChI is InChI=1S/C21H32N2O2/c1-2-25-16-15-22-13-6-11-21(17-22)12-9-20(24)23(18-21)14-10-19-7-4-3-5-8-19/h3-5,7-8H,2,6,9-18H2,1H3/t21-/m0/s1. The van der Waals surface area contributed by atoms with Crippen molar-refractivity contribution < 1.29 is 9.53 Å². The SMILES string of the molecule is CCOCCN1CCC[C@]2(CCC(=O)N(CCc3ccccc3)C2)C1. The molecule has 1 atom stereocenters. The summed E-state index contributed by atoms with van der Waals surface area (Å²) in [5.41, 5.74) is 1.62. The van der Waals surface area contributed by atoms with Crippen LogP contribution in [0.2, 0.25) is 0 Å². The maximum absolute atomic E-state index is 12.4. The predicted molar refractivity (Wildman–Crippen MR) is 101 cm³/mol. The van der Waals surface area contributed by atoms with Crippen LogP contribution in [-0.2, 0) is 16.0 Å². The molecule has 2 aliphatic rings. The lowest BCUT2D eigenvalue weighted by molar-refractivity contribution is -0.139. The van der Waals surface area contributed by atoms with Crippen molar-refractivity contribution >= 4 is 5.91 Å². The van der Waals surface area contributed by atoms with Gasteiger partial charge in [0, 0.05) is 44.6 Å². The highest BCUT2D eigenvalue weighted by Crippen LogP contribution is 2.38. The van der Waals surface area contributed by atoms with Crippen LogP contribution in [0, 0.1) is 5.41 Å². The molecule has 2 aliphatic heterocycles. The predicted octanol–water partition coefficient (Wildman–Crippen LogP) is 2.97. The van der Waals surface area contributed by atoms with Crippen LogP contribution in [0.1, 0.15) is 38.2 Å². The van der Waals surface area contributed by atoms with Gasteiger partial charge in [-0.3, -0.25) is 4.79 Å². The minimum Gasteiger partial charge on any atom is -0.380 e. The van der Waals surface area contributed by atoms with Gasteiger partial charge in [0.15, 0.2) is 0 Å². The normalized spacial score (nSPS) is 24.8. The van der Waals surface area contributed by atoms with Gasteiger partial charge in [-0.15, -0.1) is 0 Å². The Kier molecular flexibility index (Phi) is 6.49. The number of likely N-dealkylation sites (tertiary alicyclic amines) is 2. The minimum atomic E-state index is 0.301. The highest BCUT2D eigenvalue weighted by atomic mass is 16.5.